The number of carbonyl (C=O) groups is 1. The third-order valence-electron chi connectivity index (χ3n) is 7.45. The van der Waals surface area contributed by atoms with Crippen LogP contribution in [0.1, 0.15) is 33.6 Å². The molecule has 2 N–H and O–H groups in total. The summed E-state index contributed by atoms with van der Waals surface area (Å²) in [4.78, 5) is 48.1. The van der Waals surface area contributed by atoms with Crippen LogP contribution in [0, 0.1) is 0 Å². The molecule has 0 saturated carbocycles. The molecule has 0 spiro atoms. The number of nitrogens with two attached hydrogens (primary N) is 1. The number of fused-ring (bicyclic) bond motifs is 3. The van der Waals surface area contributed by atoms with Gasteiger partial charge in [-0.3, -0.25) is 23.9 Å². The van der Waals surface area contributed by atoms with Crippen LogP contribution in [0.25, 0.3) is 38.8 Å². The van der Waals surface area contributed by atoms with Crippen molar-refractivity contribution in [2.45, 2.75) is 33.6 Å². The monoisotopic (exact) mass is 541 g/mol. The Hall–Kier alpha value is -4.54. The summed E-state index contributed by atoms with van der Waals surface area (Å²) >= 11 is 0. The predicted octanol–water partition coefficient (Wildman–Crippen LogP) is 3.03. The summed E-state index contributed by atoms with van der Waals surface area (Å²) < 4.78 is 3.09. The largest absolute Gasteiger partial charge is 0.401 e. The normalized spacial score (nSPS) is 14.4. The Morgan fingerprint density at radius 3 is 2.42 bits per heavy atom. The maximum atomic E-state index is 13.5. The molecule has 3 aromatic heterocycles. The van der Waals surface area contributed by atoms with E-state index < -0.39 is 0 Å². The smallest absolute Gasteiger partial charge is 0.333 e. The Kier molecular flexibility index (Phi) is 7.63. The van der Waals surface area contributed by atoms with Crippen LogP contribution in [0.2, 0.25) is 0 Å². The summed E-state index contributed by atoms with van der Waals surface area (Å²) in [6.45, 7) is 8.72. The quantitative estimate of drug-likeness (QED) is 0.340. The van der Waals surface area contributed by atoms with Crippen LogP contribution in [0.3, 0.4) is 0 Å². The minimum atomic E-state index is -0.283. The van der Waals surface area contributed by atoms with Gasteiger partial charge in [0.25, 0.3) is 0 Å². The third kappa shape index (κ3) is 4.94. The highest BCUT2D eigenvalue weighted by molar-refractivity contribution is 6.11. The fourth-order valence-corrected chi connectivity index (χ4v) is 5.17. The second-order valence-electron chi connectivity index (χ2n) is 9.97. The molecule has 11 heteroatoms. The van der Waals surface area contributed by atoms with Gasteiger partial charge in [0, 0.05) is 68.5 Å². The van der Waals surface area contributed by atoms with Gasteiger partial charge in [-0.2, -0.15) is 0 Å². The Bertz CT molecular complexity index is 1670. The number of nitrogens with zero attached hydrogens (tertiary/aromatic N) is 8. The average Bonchev–Trinajstić information content (AvgIpc) is 3.59. The molecule has 1 amide bonds. The van der Waals surface area contributed by atoms with Crippen molar-refractivity contribution in [2.75, 3.05) is 37.6 Å². The lowest BCUT2D eigenvalue weighted by molar-refractivity contribution is -0.129. The van der Waals surface area contributed by atoms with E-state index in [0.717, 1.165) is 53.9 Å². The number of aromatic nitrogens is 5. The topological polar surface area (TPSA) is 128 Å². The first-order valence-electron chi connectivity index (χ1n) is 13.7. The van der Waals surface area contributed by atoms with E-state index in [1.807, 2.05) is 44.4 Å². The molecule has 4 aromatic rings. The van der Waals surface area contributed by atoms with E-state index in [2.05, 4.69) is 24.8 Å². The minimum Gasteiger partial charge on any atom is -0.401 e. The van der Waals surface area contributed by atoms with E-state index in [0.29, 0.717) is 35.5 Å². The molecular weight excluding hydrogens is 506 g/mol. The van der Waals surface area contributed by atoms with Crippen molar-refractivity contribution in [3.8, 4) is 11.1 Å². The number of pyridine rings is 1. The number of amides is 1. The minimum absolute atomic E-state index is 0.0299. The van der Waals surface area contributed by atoms with Crippen LogP contribution >= 0.6 is 0 Å². The first-order chi connectivity index (χ1) is 19.3. The number of hydrogen-bond donors (Lipinski definition) is 1. The third-order valence-corrected chi connectivity index (χ3v) is 7.45. The number of anilines is 1. The molecule has 1 aromatic carbocycles. The summed E-state index contributed by atoms with van der Waals surface area (Å²) in [7, 11) is 1.70. The van der Waals surface area contributed by atoms with Crippen LogP contribution in [0.15, 0.2) is 52.3 Å². The van der Waals surface area contributed by atoms with E-state index in [9.17, 15) is 9.59 Å². The number of allylic oxidation sites excluding steroid dienone is 2. The van der Waals surface area contributed by atoms with Crippen LogP contribution in [0.5, 0.6) is 0 Å². The van der Waals surface area contributed by atoms with Crippen molar-refractivity contribution < 1.29 is 4.79 Å². The number of aliphatic imine (C=N–C) groups is 1. The van der Waals surface area contributed by atoms with Crippen molar-refractivity contribution in [3.05, 3.63) is 53.0 Å². The maximum Gasteiger partial charge on any atom is 0.333 e. The molecule has 1 aliphatic heterocycles. The number of imidazole rings is 1. The molecule has 0 radical (unpaired) electrons. The van der Waals surface area contributed by atoms with E-state index in [1.165, 1.54) is 6.21 Å². The lowest BCUT2D eigenvalue weighted by Crippen LogP contribution is -2.32. The molecule has 5 rings (SSSR count). The Morgan fingerprint density at radius 2 is 1.77 bits per heavy atom. The molecule has 1 aliphatic rings. The summed E-state index contributed by atoms with van der Waals surface area (Å²) in [6, 6.07) is 5.90. The number of benzene rings is 1. The van der Waals surface area contributed by atoms with Crippen molar-refractivity contribution in [1.82, 2.24) is 29.0 Å². The number of likely N-dealkylation sites (N-methyl/N-ethyl adjacent to an activating group) is 1. The average molecular weight is 542 g/mol. The van der Waals surface area contributed by atoms with E-state index >= 15 is 0 Å². The number of rotatable bonds is 8. The molecule has 1 saturated heterocycles. The first-order valence-corrected chi connectivity index (χ1v) is 13.7. The van der Waals surface area contributed by atoms with Gasteiger partial charge in [-0.1, -0.05) is 6.07 Å². The molecule has 40 heavy (non-hydrogen) atoms. The molecule has 1 fully saturated rings. The molecule has 0 unspecified atom stereocenters. The number of carbonyl (C=O) groups excluding carboxylic acids is 1. The highest BCUT2D eigenvalue weighted by atomic mass is 16.2. The second kappa shape index (κ2) is 11.3. The Morgan fingerprint density at radius 1 is 1.07 bits per heavy atom. The summed E-state index contributed by atoms with van der Waals surface area (Å²) in [6.07, 6.45) is 9.19. The van der Waals surface area contributed by atoms with Crippen molar-refractivity contribution in [1.29, 1.82) is 0 Å². The standard InChI is InChI=1S/C29H35N9O2/c1-5-36(6-2)26(39)18-31-16-24(19(3)30)38-27-22-13-20(9-10-23(22)32-17-25(27)35(4)29(38)40)21-14-33-28(34-15-21)37-11-7-8-12-37/h9-10,13-17H,5-8,11-12,18,30H2,1-4H3. The van der Waals surface area contributed by atoms with Gasteiger partial charge >= 0.3 is 5.69 Å². The second-order valence-corrected chi connectivity index (χ2v) is 9.97. The van der Waals surface area contributed by atoms with Gasteiger partial charge in [-0.25, -0.2) is 14.8 Å². The molecule has 4 heterocycles. The van der Waals surface area contributed by atoms with Crippen molar-refractivity contribution in [3.63, 3.8) is 0 Å². The summed E-state index contributed by atoms with van der Waals surface area (Å²) in [5.41, 5.74) is 10.6. The molecule has 11 nitrogen and oxygen atoms in total. The van der Waals surface area contributed by atoms with Gasteiger partial charge in [0.1, 0.15) is 6.54 Å². The van der Waals surface area contributed by atoms with Gasteiger partial charge in [0.05, 0.1) is 28.4 Å². The molecular formula is C29H35N9O2. The van der Waals surface area contributed by atoms with E-state index in [4.69, 9.17) is 5.73 Å². The lowest BCUT2D eigenvalue weighted by Gasteiger charge is -2.17. The summed E-state index contributed by atoms with van der Waals surface area (Å²) in [5, 5.41) is 0.780. The lowest BCUT2D eigenvalue weighted by atomic mass is 10.1. The maximum absolute atomic E-state index is 13.5. The van der Waals surface area contributed by atoms with Crippen molar-refractivity contribution in [2.24, 2.45) is 17.8 Å². The van der Waals surface area contributed by atoms with Gasteiger partial charge in [0.15, 0.2) is 0 Å². The Balaban J connectivity index is 1.60. The number of aryl methyl sites for hydroxylation is 1. The van der Waals surface area contributed by atoms with Crippen LogP contribution < -0.4 is 16.3 Å². The predicted molar refractivity (Wildman–Crippen MR) is 159 cm³/mol. The van der Waals surface area contributed by atoms with E-state index in [-0.39, 0.29) is 18.1 Å². The fourth-order valence-electron chi connectivity index (χ4n) is 5.17. The SMILES string of the molecule is CCN(CC)C(=O)CN=CC(=C(C)N)n1c(=O)n(C)c2cnc3ccc(-c4cnc(N5CCCC5)nc4)cc3c21. The van der Waals surface area contributed by atoms with Crippen molar-refractivity contribution >= 4 is 45.7 Å². The zero-order valence-corrected chi connectivity index (χ0v) is 23.5. The van der Waals surface area contributed by atoms with Gasteiger partial charge in [0.2, 0.25) is 11.9 Å². The summed E-state index contributed by atoms with van der Waals surface area (Å²) in [5.74, 6) is 0.660. The molecule has 0 aliphatic carbocycles. The molecule has 0 bridgehead atoms. The fraction of sp³-hybridized carbons (Fsp3) is 0.379. The van der Waals surface area contributed by atoms with Crippen LogP contribution in [-0.2, 0) is 11.8 Å². The Labute approximate surface area is 232 Å². The molecule has 208 valence electrons. The van der Waals surface area contributed by atoms with Crippen LogP contribution in [-0.4, -0.2) is 73.8 Å². The highest BCUT2D eigenvalue weighted by Gasteiger charge is 2.19. The van der Waals surface area contributed by atoms with Gasteiger partial charge in [-0.05, 0) is 51.3 Å². The van der Waals surface area contributed by atoms with Crippen LogP contribution in [0.4, 0.5) is 5.95 Å². The van der Waals surface area contributed by atoms with Gasteiger partial charge in [-0.15, -0.1) is 0 Å². The number of hydrogen-bond acceptors (Lipinski definition) is 8. The zero-order chi connectivity index (χ0) is 28.4. The highest BCUT2D eigenvalue weighted by Crippen LogP contribution is 2.30. The first kappa shape index (κ1) is 27.0. The van der Waals surface area contributed by atoms with Gasteiger partial charge < -0.3 is 15.5 Å². The molecule has 0 atom stereocenters. The van der Waals surface area contributed by atoms with E-state index in [1.54, 1.807) is 34.2 Å². The zero-order valence-electron chi connectivity index (χ0n) is 23.5.